The monoisotopic (exact) mass is 404 g/mol. The van der Waals surface area contributed by atoms with E-state index in [2.05, 4.69) is 21.8 Å². The summed E-state index contributed by atoms with van der Waals surface area (Å²) in [6, 6.07) is 9.01. The van der Waals surface area contributed by atoms with Gasteiger partial charge in [-0.3, -0.25) is 18.9 Å². The summed E-state index contributed by atoms with van der Waals surface area (Å²) in [5.41, 5.74) is 7.37. The molecule has 0 aliphatic carbocycles. The average Bonchev–Trinajstić information content (AvgIpc) is 2.75. The minimum absolute atomic E-state index is 0.0230. The Hall–Kier alpha value is -3.44. The van der Waals surface area contributed by atoms with Crippen molar-refractivity contribution in [3.63, 3.8) is 0 Å². The van der Waals surface area contributed by atoms with Crippen LogP contribution < -0.4 is 21.9 Å². The van der Waals surface area contributed by atoms with E-state index >= 15 is 0 Å². The van der Waals surface area contributed by atoms with Gasteiger partial charge in [0.05, 0.1) is 36.0 Å². The molecule has 30 heavy (non-hydrogen) atoms. The number of hydrogen-bond acceptors (Lipinski definition) is 6. The van der Waals surface area contributed by atoms with Gasteiger partial charge in [0.25, 0.3) is 5.56 Å². The van der Waals surface area contributed by atoms with Gasteiger partial charge in [0.15, 0.2) is 0 Å². The maximum absolute atomic E-state index is 13.3. The lowest BCUT2D eigenvalue weighted by Crippen LogP contribution is -2.48. The highest BCUT2D eigenvalue weighted by atomic mass is 16.2. The molecule has 1 atom stereocenters. The zero-order valence-corrected chi connectivity index (χ0v) is 16.9. The minimum atomic E-state index is -0.408. The van der Waals surface area contributed by atoms with E-state index in [1.54, 1.807) is 17.7 Å². The van der Waals surface area contributed by atoms with Crippen LogP contribution in [0.3, 0.4) is 0 Å². The smallest absolute Gasteiger partial charge is 0.333 e. The van der Waals surface area contributed by atoms with Crippen LogP contribution in [0.4, 0.5) is 5.82 Å². The van der Waals surface area contributed by atoms with Gasteiger partial charge < -0.3 is 10.6 Å². The maximum atomic E-state index is 13.3. The molecule has 0 radical (unpaired) electrons. The lowest BCUT2D eigenvalue weighted by atomic mass is 10.1. The summed E-state index contributed by atoms with van der Waals surface area (Å²) < 4.78 is 2.73. The van der Waals surface area contributed by atoms with Crippen LogP contribution in [0.5, 0.6) is 0 Å². The molecule has 1 saturated heterocycles. The van der Waals surface area contributed by atoms with Crippen LogP contribution in [0.1, 0.15) is 25.5 Å². The fraction of sp³-hybridized carbons (Fsp3) is 0.364. The predicted molar refractivity (Wildman–Crippen MR) is 116 cm³/mol. The molecule has 2 aromatic heterocycles. The van der Waals surface area contributed by atoms with E-state index in [-0.39, 0.29) is 24.7 Å². The van der Waals surface area contributed by atoms with Crippen LogP contribution in [-0.4, -0.2) is 38.2 Å². The van der Waals surface area contributed by atoms with Gasteiger partial charge >= 0.3 is 5.69 Å². The molecule has 1 aliphatic heterocycles. The van der Waals surface area contributed by atoms with E-state index in [9.17, 15) is 9.59 Å². The Bertz CT molecular complexity index is 1250. The zero-order valence-electron chi connectivity index (χ0n) is 16.9. The summed E-state index contributed by atoms with van der Waals surface area (Å²) in [6.07, 6.45) is 3.46. The Morgan fingerprint density at radius 3 is 2.77 bits per heavy atom. The Morgan fingerprint density at radius 2 is 2.00 bits per heavy atom. The van der Waals surface area contributed by atoms with Crippen molar-refractivity contribution in [3.8, 4) is 11.8 Å². The Balaban J connectivity index is 1.76. The molecule has 8 heteroatoms. The number of fused-ring (bicyclic) bond motifs is 1. The van der Waals surface area contributed by atoms with Gasteiger partial charge in [0.1, 0.15) is 5.82 Å². The molecule has 0 bridgehead atoms. The molecule has 0 unspecified atom stereocenters. The molecule has 3 heterocycles. The van der Waals surface area contributed by atoms with Crippen LogP contribution in [-0.2, 0) is 13.1 Å². The van der Waals surface area contributed by atoms with E-state index in [0.717, 1.165) is 30.4 Å². The SMILES string of the molecule is CC#CCn1c(N2CCC[C@@H](N)C2)cc(=O)n(Cc2cnc3ccccc3n2)c1=O. The third-order valence-corrected chi connectivity index (χ3v) is 5.27. The van der Waals surface area contributed by atoms with Gasteiger partial charge in [-0.25, -0.2) is 9.78 Å². The van der Waals surface area contributed by atoms with E-state index in [0.29, 0.717) is 18.1 Å². The van der Waals surface area contributed by atoms with Crippen molar-refractivity contribution in [1.82, 2.24) is 19.1 Å². The van der Waals surface area contributed by atoms with Crippen molar-refractivity contribution in [1.29, 1.82) is 0 Å². The van der Waals surface area contributed by atoms with E-state index in [1.807, 2.05) is 29.2 Å². The first-order valence-corrected chi connectivity index (χ1v) is 10.0. The van der Waals surface area contributed by atoms with Crippen molar-refractivity contribution < 1.29 is 0 Å². The molecule has 0 amide bonds. The van der Waals surface area contributed by atoms with E-state index < -0.39 is 5.69 Å². The fourth-order valence-corrected chi connectivity index (χ4v) is 3.77. The number of nitrogens with zero attached hydrogens (tertiary/aromatic N) is 5. The summed E-state index contributed by atoms with van der Waals surface area (Å²) in [4.78, 5) is 37.1. The van der Waals surface area contributed by atoms with Crippen molar-refractivity contribution in [3.05, 3.63) is 63.1 Å². The molecule has 1 fully saturated rings. The van der Waals surface area contributed by atoms with Gasteiger partial charge in [-0.15, -0.1) is 5.92 Å². The van der Waals surface area contributed by atoms with Gasteiger partial charge in [-0.2, -0.15) is 0 Å². The molecule has 154 valence electrons. The van der Waals surface area contributed by atoms with Gasteiger partial charge in [0.2, 0.25) is 0 Å². The molecule has 4 rings (SSSR count). The molecule has 0 spiro atoms. The van der Waals surface area contributed by atoms with Gasteiger partial charge in [-0.1, -0.05) is 18.1 Å². The average molecular weight is 404 g/mol. The minimum Gasteiger partial charge on any atom is -0.356 e. The third-order valence-electron chi connectivity index (χ3n) is 5.27. The predicted octanol–water partition coefficient (Wildman–Crippen LogP) is 0.952. The molecule has 1 aliphatic rings. The second-order valence-corrected chi connectivity index (χ2v) is 7.42. The Kier molecular flexibility index (Phi) is 5.63. The van der Waals surface area contributed by atoms with Crippen LogP contribution in [0, 0.1) is 11.8 Å². The van der Waals surface area contributed by atoms with Crippen molar-refractivity contribution in [2.75, 3.05) is 18.0 Å². The normalized spacial score (nSPS) is 16.3. The first kappa shape index (κ1) is 19.9. The number of nitrogens with two attached hydrogens (primary N) is 1. The number of rotatable bonds is 4. The summed E-state index contributed by atoms with van der Waals surface area (Å²) in [5, 5.41) is 0. The molecular weight excluding hydrogens is 380 g/mol. The summed E-state index contributed by atoms with van der Waals surface area (Å²) >= 11 is 0. The van der Waals surface area contributed by atoms with Gasteiger partial charge in [-0.05, 0) is 31.9 Å². The third kappa shape index (κ3) is 3.98. The molecular formula is C22H24N6O2. The van der Waals surface area contributed by atoms with E-state index in [4.69, 9.17) is 5.73 Å². The van der Waals surface area contributed by atoms with Crippen molar-refractivity contribution >= 4 is 16.9 Å². The number of hydrogen-bond donors (Lipinski definition) is 1. The molecule has 3 aromatic rings. The topological polar surface area (TPSA) is 99.0 Å². The molecule has 0 saturated carbocycles. The van der Waals surface area contributed by atoms with Gasteiger partial charge in [0, 0.05) is 25.2 Å². The zero-order chi connectivity index (χ0) is 21.1. The lowest BCUT2D eigenvalue weighted by molar-refractivity contribution is 0.491. The summed E-state index contributed by atoms with van der Waals surface area (Å²) in [5.74, 6) is 6.34. The number of para-hydroxylation sites is 2. The number of benzene rings is 1. The van der Waals surface area contributed by atoms with Crippen molar-refractivity contribution in [2.45, 2.75) is 38.9 Å². The quantitative estimate of drug-likeness (QED) is 0.650. The number of anilines is 1. The molecule has 8 nitrogen and oxygen atoms in total. The highest BCUT2D eigenvalue weighted by Gasteiger charge is 2.22. The number of piperidine rings is 1. The molecule has 1 aromatic carbocycles. The Labute approximate surface area is 174 Å². The molecule has 2 N–H and O–H groups in total. The van der Waals surface area contributed by atoms with Crippen LogP contribution in [0.15, 0.2) is 46.1 Å². The van der Waals surface area contributed by atoms with Crippen molar-refractivity contribution in [2.24, 2.45) is 5.73 Å². The second-order valence-electron chi connectivity index (χ2n) is 7.42. The largest absolute Gasteiger partial charge is 0.356 e. The first-order chi connectivity index (χ1) is 14.6. The highest BCUT2D eigenvalue weighted by molar-refractivity contribution is 5.73. The van der Waals surface area contributed by atoms with Crippen LogP contribution >= 0.6 is 0 Å². The maximum Gasteiger partial charge on any atom is 0.333 e. The van der Waals surface area contributed by atoms with Crippen LogP contribution in [0.2, 0.25) is 0 Å². The number of aromatic nitrogens is 4. The lowest BCUT2D eigenvalue weighted by Gasteiger charge is -2.33. The Morgan fingerprint density at radius 1 is 1.20 bits per heavy atom. The second kappa shape index (κ2) is 8.51. The summed E-state index contributed by atoms with van der Waals surface area (Å²) in [7, 11) is 0. The van der Waals surface area contributed by atoms with Crippen LogP contribution in [0.25, 0.3) is 11.0 Å². The summed E-state index contributed by atoms with van der Waals surface area (Å²) in [6.45, 7) is 3.35. The van der Waals surface area contributed by atoms with E-state index in [1.165, 1.54) is 10.6 Å². The highest BCUT2D eigenvalue weighted by Crippen LogP contribution is 2.17. The first-order valence-electron chi connectivity index (χ1n) is 10.0. The standard InChI is InChI=1S/C22H24N6O2/c1-2-3-11-27-20(26-10-6-7-16(23)14-26)12-21(29)28(22(27)30)15-17-13-24-18-8-4-5-9-19(18)25-17/h4-5,8-9,12-13,16H,6-7,10-11,14-15,23H2,1H3/t16-/m1/s1. The fourth-order valence-electron chi connectivity index (χ4n) is 3.77.